The minimum atomic E-state index is -4.00. The summed E-state index contributed by atoms with van der Waals surface area (Å²) in [5, 5.41) is 10.3. The van der Waals surface area contributed by atoms with Gasteiger partial charge in [0.2, 0.25) is 0 Å². The van der Waals surface area contributed by atoms with Crippen LogP contribution in [0.15, 0.2) is 41.3 Å². The maximum absolute atomic E-state index is 13.3. The van der Waals surface area contributed by atoms with Crippen LogP contribution >= 0.6 is 23.2 Å². The maximum atomic E-state index is 13.3. The lowest BCUT2D eigenvalue weighted by molar-refractivity contribution is 0.204. The predicted molar refractivity (Wildman–Crippen MR) is 98.6 cm³/mol. The van der Waals surface area contributed by atoms with Crippen molar-refractivity contribution >= 4 is 38.9 Å². The summed E-state index contributed by atoms with van der Waals surface area (Å²) in [7, 11) is -4.00. The van der Waals surface area contributed by atoms with Gasteiger partial charge in [0.25, 0.3) is 10.0 Å². The number of sulfonamides is 1. The molecule has 0 fully saturated rings. The molecule has 0 aliphatic carbocycles. The van der Waals surface area contributed by atoms with Crippen LogP contribution in [0.4, 0.5) is 5.69 Å². The number of nitrogens with zero attached hydrogens (tertiary/aromatic N) is 1. The van der Waals surface area contributed by atoms with Gasteiger partial charge in [-0.1, -0.05) is 41.4 Å². The highest BCUT2D eigenvalue weighted by Crippen LogP contribution is 2.36. The first-order chi connectivity index (χ1) is 11.2. The highest BCUT2D eigenvalue weighted by Gasteiger charge is 2.31. The summed E-state index contributed by atoms with van der Waals surface area (Å²) in [5.41, 5.74) is 1.42. The van der Waals surface area contributed by atoms with Crippen molar-refractivity contribution in [3.63, 3.8) is 0 Å². The van der Waals surface area contributed by atoms with Gasteiger partial charge in [-0.15, -0.1) is 0 Å². The second kappa shape index (κ2) is 7.31. The van der Waals surface area contributed by atoms with Crippen LogP contribution in [-0.2, 0) is 10.0 Å². The van der Waals surface area contributed by atoms with Crippen molar-refractivity contribution < 1.29 is 13.5 Å². The number of aliphatic hydroxyl groups is 1. The smallest absolute Gasteiger partial charge is 0.266 e. The Hall–Kier alpha value is -1.27. The van der Waals surface area contributed by atoms with Crippen LogP contribution in [0.2, 0.25) is 10.0 Å². The number of anilines is 1. The molecular weight excluding hydrogens is 369 g/mol. The molecule has 0 aliphatic heterocycles. The quantitative estimate of drug-likeness (QED) is 0.836. The molecule has 4 nitrogen and oxygen atoms in total. The van der Waals surface area contributed by atoms with E-state index in [1.807, 2.05) is 0 Å². The molecule has 130 valence electrons. The standard InChI is InChI=1S/C17H19Cl2NO3S/c1-11-9-15(18)13(3)17(16(11)19)24(22,23)20(10-12(2)21)14-7-5-4-6-8-14/h4-9,12,21H,10H2,1-3H3. The Morgan fingerprint density at radius 2 is 1.75 bits per heavy atom. The van der Waals surface area contributed by atoms with E-state index in [0.29, 0.717) is 21.8 Å². The van der Waals surface area contributed by atoms with E-state index >= 15 is 0 Å². The van der Waals surface area contributed by atoms with Crippen molar-refractivity contribution in [1.29, 1.82) is 0 Å². The number of benzene rings is 2. The minimum absolute atomic E-state index is 0.0290. The molecule has 1 N–H and O–H groups in total. The topological polar surface area (TPSA) is 57.6 Å². The fraction of sp³-hybridized carbons (Fsp3) is 0.294. The van der Waals surface area contributed by atoms with Crippen LogP contribution in [0.1, 0.15) is 18.1 Å². The molecule has 0 aliphatic rings. The average molecular weight is 388 g/mol. The lowest BCUT2D eigenvalue weighted by atomic mass is 10.2. The number of aliphatic hydroxyl groups excluding tert-OH is 1. The highest BCUT2D eigenvalue weighted by molar-refractivity contribution is 7.93. The number of para-hydroxylation sites is 1. The zero-order valence-electron chi connectivity index (χ0n) is 13.6. The highest BCUT2D eigenvalue weighted by atomic mass is 35.5. The van der Waals surface area contributed by atoms with E-state index in [2.05, 4.69) is 0 Å². The molecule has 0 aromatic heterocycles. The van der Waals surface area contributed by atoms with E-state index < -0.39 is 16.1 Å². The summed E-state index contributed by atoms with van der Waals surface area (Å²) in [4.78, 5) is -0.0290. The second-order valence-electron chi connectivity index (χ2n) is 5.66. The van der Waals surface area contributed by atoms with Gasteiger partial charge in [0.1, 0.15) is 4.90 Å². The van der Waals surface area contributed by atoms with Crippen molar-refractivity contribution in [2.24, 2.45) is 0 Å². The van der Waals surface area contributed by atoms with Crippen molar-refractivity contribution in [1.82, 2.24) is 0 Å². The molecule has 7 heteroatoms. The maximum Gasteiger partial charge on any atom is 0.266 e. The number of hydrogen-bond acceptors (Lipinski definition) is 3. The van der Waals surface area contributed by atoms with E-state index in [1.165, 1.54) is 6.92 Å². The molecule has 1 atom stereocenters. The fourth-order valence-corrected chi connectivity index (χ4v) is 5.13. The van der Waals surface area contributed by atoms with Gasteiger partial charge in [-0.05, 0) is 50.1 Å². The zero-order chi connectivity index (χ0) is 18.1. The van der Waals surface area contributed by atoms with E-state index in [-0.39, 0.29) is 16.5 Å². The Labute approximate surface area is 152 Å². The van der Waals surface area contributed by atoms with Gasteiger partial charge in [0.05, 0.1) is 23.4 Å². The molecule has 0 heterocycles. The average Bonchev–Trinajstić information content (AvgIpc) is 2.51. The summed E-state index contributed by atoms with van der Waals surface area (Å²) >= 11 is 12.5. The molecule has 2 aromatic rings. The Morgan fingerprint density at radius 3 is 2.29 bits per heavy atom. The fourth-order valence-electron chi connectivity index (χ4n) is 2.41. The van der Waals surface area contributed by atoms with Gasteiger partial charge < -0.3 is 5.11 Å². The molecule has 24 heavy (non-hydrogen) atoms. The van der Waals surface area contributed by atoms with Gasteiger partial charge in [0.15, 0.2) is 0 Å². The molecule has 2 aromatic carbocycles. The first-order valence-corrected chi connectivity index (χ1v) is 9.57. The summed E-state index contributed by atoms with van der Waals surface area (Å²) in [6.45, 7) is 4.76. The Balaban J connectivity index is 2.70. The van der Waals surface area contributed by atoms with E-state index in [4.69, 9.17) is 23.2 Å². The Kier molecular flexibility index (Phi) is 5.81. The normalized spacial score (nSPS) is 12.9. The van der Waals surface area contributed by atoms with Crippen molar-refractivity contribution in [2.75, 3.05) is 10.8 Å². The zero-order valence-corrected chi connectivity index (χ0v) is 16.0. The molecule has 0 amide bonds. The molecule has 0 radical (unpaired) electrons. The van der Waals surface area contributed by atoms with E-state index in [9.17, 15) is 13.5 Å². The second-order valence-corrected chi connectivity index (χ2v) is 8.25. The van der Waals surface area contributed by atoms with Crippen LogP contribution in [0.5, 0.6) is 0 Å². The molecular formula is C17H19Cl2NO3S. The largest absolute Gasteiger partial charge is 0.392 e. The molecule has 0 saturated heterocycles. The van der Waals surface area contributed by atoms with Crippen LogP contribution in [0.3, 0.4) is 0 Å². The Morgan fingerprint density at radius 1 is 1.17 bits per heavy atom. The van der Waals surface area contributed by atoms with Crippen molar-refractivity contribution in [2.45, 2.75) is 31.8 Å². The summed E-state index contributed by atoms with van der Waals surface area (Å²) in [6, 6.07) is 10.2. The van der Waals surface area contributed by atoms with Crippen LogP contribution in [-0.4, -0.2) is 26.2 Å². The SMILES string of the molecule is Cc1cc(Cl)c(C)c(S(=O)(=O)N(CC(C)O)c2ccccc2)c1Cl. The Bertz CT molecular complexity index is 810. The van der Waals surface area contributed by atoms with Gasteiger partial charge in [-0.3, -0.25) is 4.31 Å². The summed E-state index contributed by atoms with van der Waals surface area (Å²) < 4.78 is 27.7. The lowest BCUT2D eigenvalue weighted by Crippen LogP contribution is -2.37. The third-order valence-corrected chi connectivity index (χ3v) is 6.57. The predicted octanol–water partition coefficient (Wildman–Crippen LogP) is 4.19. The van der Waals surface area contributed by atoms with Gasteiger partial charge in [0, 0.05) is 5.02 Å². The van der Waals surface area contributed by atoms with Crippen molar-refractivity contribution in [3.05, 3.63) is 57.6 Å². The number of rotatable bonds is 5. The van der Waals surface area contributed by atoms with E-state index in [0.717, 1.165) is 4.31 Å². The lowest BCUT2D eigenvalue weighted by Gasteiger charge is -2.27. The monoisotopic (exact) mass is 387 g/mol. The van der Waals surface area contributed by atoms with Crippen LogP contribution in [0.25, 0.3) is 0 Å². The molecule has 1 unspecified atom stereocenters. The van der Waals surface area contributed by atoms with Gasteiger partial charge in [-0.25, -0.2) is 8.42 Å². The van der Waals surface area contributed by atoms with Gasteiger partial charge in [-0.2, -0.15) is 0 Å². The first-order valence-electron chi connectivity index (χ1n) is 7.37. The molecule has 0 spiro atoms. The summed E-state index contributed by atoms with van der Waals surface area (Å²) in [6.07, 6.45) is -0.848. The third kappa shape index (κ3) is 3.70. The van der Waals surface area contributed by atoms with Crippen LogP contribution < -0.4 is 4.31 Å². The number of halogens is 2. The molecule has 0 saturated carbocycles. The summed E-state index contributed by atoms with van der Waals surface area (Å²) in [5.74, 6) is 0. The minimum Gasteiger partial charge on any atom is -0.392 e. The number of hydrogen-bond donors (Lipinski definition) is 1. The molecule has 0 bridgehead atoms. The number of aryl methyl sites for hydroxylation is 1. The van der Waals surface area contributed by atoms with Crippen LogP contribution in [0, 0.1) is 13.8 Å². The third-order valence-electron chi connectivity index (χ3n) is 3.61. The van der Waals surface area contributed by atoms with E-state index in [1.54, 1.807) is 50.2 Å². The van der Waals surface area contributed by atoms with Crippen molar-refractivity contribution in [3.8, 4) is 0 Å². The first kappa shape index (κ1) is 19.1. The molecule has 2 rings (SSSR count). The van der Waals surface area contributed by atoms with Gasteiger partial charge >= 0.3 is 0 Å².